The van der Waals surface area contributed by atoms with Crippen molar-refractivity contribution < 1.29 is 9.53 Å². The highest BCUT2D eigenvalue weighted by Crippen LogP contribution is 1.87. The number of alkyl halides is 1. The SMILES string of the molecule is CCCC(=O)NCCCOCCCl. The van der Waals surface area contributed by atoms with Gasteiger partial charge in [-0.05, 0) is 12.8 Å². The van der Waals surface area contributed by atoms with Crippen LogP contribution in [0.15, 0.2) is 0 Å². The van der Waals surface area contributed by atoms with Crippen LogP contribution in [0.2, 0.25) is 0 Å². The molecule has 0 aromatic rings. The van der Waals surface area contributed by atoms with Gasteiger partial charge >= 0.3 is 0 Å². The quantitative estimate of drug-likeness (QED) is 0.485. The topological polar surface area (TPSA) is 38.3 Å². The van der Waals surface area contributed by atoms with E-state index in [1.807, 2.05) is 6.92 Å². The second kappa shape index (κ2) is 9.81. The van der Waals surface area contributed by atoms with Crippen LogP contribution < -0.4 is 5.32 Å². The molecule has 3 nitrogen and oxygen atoms in total. The van der Waals surface area contributed by atoms with Crippen LogP contribution in [0.3, 0.4) is 0 Å². The predicted octanol–water partition coefficient (Wildman–Crippen LogP) is 1.55. The van der Waals surface area contributed by atoms with Crippen LogP contribution in [0.25, 0.3) is 0 Å². The number of rotatable bonds is 8. The first kappa shape index (κ1) is 12.7. The molecule has 0 aromatic carbocycles. The summed E-state index contributed by atoms with van der Waals surface area (Å²) in [6.07, 6.45) is 2.36. The Balaban J connectivity index is 3.02. The summed E-state index contributed by atoms with van der Waals surface area (Å²) in [6, 6.07) is 0. The normalized spacial score (nSPS) is 10.0. The zero-order valence-electron chi connectivity index (χ0n) is 8.14. The van der Waals surface area contributed by atoms with Gasteiger partial charge in [0, 0.05) is 25.5 Å². The predicted molar refractivity (Wildman–Crippen MR) is 54.1 cm³/mol. The smallest absolute Gasteiger partial charge is 0.219 e. The van der Waals surface area contributed by atoms with Gasteiger partial charge in [-0.1, -0.05) is 6.92 Å². The van der Waals surface area contributed by atoms with Gasteiger partial charge in [0.25, 0.3) is 0 Å². The first-order valence-corrected chi connectivity index (χ1v) is 5.25. The molecule has 0 atom stereocenters. The van der Waals surface area contributed by atoms with Crippen LogP contribution in [0.1, 0.15) is 26.2 Å². The summed E-state index contributed by atoms with van der Waals surface area (Å²) >= 11 is 5.41. The summed E-state index contributed by atoms with van der Waals surface area (Å²) in [5.41, 5.74) is 0. The molecule has 0 radical (unpaired) electrons. The Hall–Kier alpha value is -0.280. The first-order chi connectivity index (χ1) is 6.31. The maximum Gasteiger partial charge on any atom is 0.219 e. The van der Waals surface area contributed by atoms with Crippen LogP contribution in [-0.4, -0.2) is 31.5 Å². The van der Waals surface area contributed by atoms with Gasteiger partial charge in [-0.15, -0.1) is 11.6 Å². The average molecular weight is 208 g/mol. The fraction of sp³-hybridized carbons (Fsp3) is 0.889. The maximum atomic E-state index is 11.0. The van der Waals surface area contributed by atoms with Gasteiger partial charge < -0.3 is 10.1 Å². The van der Waals surface area contributed by atoms with Crippen LogP contribution in [-0.2, 0) is 9.53 Å². The molecule has 0 spiro atoms. The van der Waals surface area contributed by atoms with E-state index in [0.29, 0.717) is 32.1 Å². The molecule has 0 saturated carbocycles. The third-order valence-corrected chi connectivity index (χ3v) is 1.64. The molecule has 0 unspecified atom stereocenters. The second-order valence-electron chi connectivity index (χ2n) is 2.75. The van der Waals surface area contributed by atoms with E-state index in [4.69, 9.17) is 16.3 Å². The lowest BCUT2D eigenvalue weighted by atomic mass is 10.3. The Labute approximate surface area is 84.8 Å². The number of carbonyl (C=O) groups excluding carboxylic acids is 1. The lowest BCUT2D eigenvalue weighted by Crippen LogP contribution is -2.24. The zero-order valence-corrected chi connectivity index (χ0v) is 8.90. The molecule has 1 amide bonds. The van der Waals surface area contributed by atoms with Gasteiger partial charge in [-0.3, -0.25) is 4.79 Å². The van der Waals surface area contributed by atoms with E-state index in [-0.39, 0.29) is 5.91 Å². The second-order valence-corrected chi connectivity index (χ2v) is 3.13. The molecule has 0 aromatic heterocycles. The van der Waals surface area contributed by atoms with E-state index in [2.05, 4.69) is 5.32 Å². The van der Waals surface area contributed by atoms with Gasteiger partial charge in [0.1, 0.15) is 0 Å². The van der Waals surface area contributed by atoms with Crippen LogP contribution in [0.5, 0.6) is 0 Å². The number of nitrogens with one attached hydrogen (secondary N) is 1. The Morgan fingerprint density at radius 2 is 2.23 bits per heavy atom. The van der Waals surface area contributed by atoms with E-state index in [9.17, 15) is 4.79 Å². The summed E-state index contributed by atoms with van der Waals surface area (Å²) in [6.45, 7) is 3.94. The molecule has 78 valence electrons. The van der Waals surface area contributed by atoms with Gasteiger partial charge in [0.2, 0.25) is 5.91 Å². The Morgan fingerprint density at radius 3 is 2.85 bits per heavy atom. The van der Waals surface area contributed by atoms with Gasteiger partial charge in [0.05, 0.1) is 6.61 Å². The lowest BCUT2D eigenvalue weighted by molar-refractivity contribution is -0.121. The summed E-state index contributed by atoms with van der Waals surface area (Å²) in [4.78, 5) is 11.0. The van der Waals surface area contributed by atoms with Gasteiger partial charge in [0.15, 0.2) is 0 Å². The standard InChI is InChI=1S/C9H18ClNO2/c1-2-4-9(12)11-6-3-7-13-8-5-10/h2-8H2,1H3,(H,11,12). The molecule has 4 heteroatoms. The number of halogens is 1. The molecule has 0 aliphatic heterocycles. The first-order valence-electron chi connectivity index (χ1n) is 4.71. The average Bonchev–Trinajstić information content (AvgIpc) is 2.11. The fourth-order valence-corrected chi connectivity index (χ4v) is 0.983. The summed E-state index contributed by atoms with van der Waals surface area (Å²) in [5.74, 6) is 0.655. The highest BCUT2D eigenvalue weighted by molar-refractivity contribution is 6.17. The van der Waals surface area contributed by atoms with Crippen molar-refractivity contribution in [2.45, 2.75) is 26.2 Å². The molecule has 0 aliphatic rings. The molecule has 0 aliphatic carbocycles. The Kier molecular flexibility index (Phi) is 9.59. The van der Waals surface area contributed by atoms with Crippen molar-refractivity contribution in [1.82, 2.24) is 5.32 Å². The van der Waals surface area contributed by atoms with E-state index in [1.165, 1.54) is 0 Å². The minimum absolute atomic E-state index is 0.125. The molecule has 0 bridgehead atoms. The highest BCUT2D eigenvalue weighted by atomic mass is 35.5. The molecule has 0 fully saturated rings. The molecule has 0 rings (SSSR count). The van der Waals surface area contributed by atoms with Crippen molar-refractivity contribution in [2.24, 2.45) is 0 Å². The molecule has 0 heterocycles. The van der Waals surface area contributed by atoms with Gasteiger partial charge in [-0.2, -0.15) is 0 Å². The third kappa shape index (κ3) is 9.64. The zero-order chi connectivity index (χ0) is 9.94. The Morgan fingerprint density at radius 1 is 1.46 bits per heavy atom. The largest absolute Gasteiger partial charge is 0.380 e. The monoisotopic (exact) mass is 207 g/mol. The number of hydrogen-bond donors (Lipinski definition) is 1. The van der Waals surface area contributed by atoms with Crippen LogP contribution in [0, 0.1) is 0 Å². The van der Waals surface area contributed by atoms with Crippen LogP contribution in [0.4, 0.5) is 0 Å². The summed E-state index contributed by atoms with van der Waals surface area (Å²) in [7, 11) is 0. The van der Waals surface area contributed by atoms with Crippen molar-refractivity contribution in [3.05, 3.63) is 0 Å². The third-order valence-electron chi connectivity index (χ3n) is 1.49. The molecule has 13 heavy (non-hydrogen) atoms. The molecule has 0 saturated heterocycles. The minimum atomic E-state index is 0.125. The number of amides is 1. The fourth-order valence-electron chi connectivity index (χ4n) is 0.874. The van der Waals surface area contributed by atoms with E-state index in [0.717, 1.165) is 12.8 Å². The van der Waals surface area contributed by atoms with Crippen molar-refractivity contribution in [3.63, 3.8) is 0 Å². The van der Waals surface area contributed by atoms with E-state index < -0.39 is 0 Å². The lowest BCUT2D eigenvalue weighted by Gasteiger charge is -2.04. The summed E-state index contributed by atoms with van der Waals surface area (Å²) < 4.78 is 5.14. The van der Waals surface area contributed by atoms with Crippen LogP contribution >= 0.6 is 11.6 Å². The Bertz CT molecular complexity index is 131. The van der Waals surface area contributed by atoms with E-state index >= 15 is 0 Å². The van der Waals surface area contributed by atoms with Crippen molar-refractivity contribution >= 4 is 17.5 Å². The molecule has 1 N–H and O–H groups in total. The van der Waals surface area contributed by atoms with Crippen molar-refractivity contribution in [3.8, 4) is 0 Å². The summed E-state index contributed by atoms with van der Waals surface area (Å²) in [5, 5.41) is 2.81. The highest BCUT2D eigenvalue weighted by Gasteiger charge is 1.96. The van der Waals surface area contributed by atoms with Crippen molar-refractivity contribution in [1.29, 1.82) is 0 Å². The maximum absolute atomic E-state index is 11.0. The van der Waals surface area contributed by atoms with Gasteiger partial charge in [-0.25, -0.2) is 0 Å². The van der Waals surface area contributed by atoms with Crippen molar-refractivity contribution in [2.75, 3.05) is 25.6 Å². The number of hydrogen-bond acceptors (Lipinski definition) is 2. The number of ether oxygens (including phenoxy) is 1. The molecular formula is C9H18ClNO2. The number of carbonyl (C=O) groups is 1. The molecular weight excluding hydrogens is 190 g/mol. The minimum Gasteiger partial charge on any atom is -0.380 e. The van der Waals surface area contributed by atoms with E-state index in [1.54, 1.807) is 0 Å².